The van der Waals surface area contributed by atoms with Crippen LogP contribution in [0.1, 0.15) is 30.1 Å². The number of nitrogen functional groups attached to an aromatic ring is 1. The SMILES string of the molecule is CCOC1CCN(C(=O)c2cc(N)ncc2[N+](=O)[O-])CC1. The van der Waals surface area contributed by atoms with Crippen LogP contribution < -0.4 is 5.73 Å². The van der Waals surface area contributed by atoms with Crippen molar-refractivity contribution in [3.05, 3.63) is 27.9 Å². The molecule has 0 atom stereocenters. The predicted octanol–water partition coefficient (Wildman–Crippen LogP) is 1.21. The lowest BCUT2D eigenvalue weighted by molar-refractivity contribution is -0.385. The van der Waals surface area contributed by atoms with E-state index >= 15 is 0 Å². The fourth-order valence-electron chi connectivity index (χ4n) is 2.41. The molecule has 8 nitrogen and oxygen atoms in total. The summed E-state index contributed by atoms with van der Waals surface area (Å²) in [4.78, 5) is 28.1. The molecular weight excluding hydrogens is 276 g/mol. The highest BCUT2D eigenvalue weighted by atomic mass is 16.6. The van der Waals surface area contributed by atoms with Gasteiger partial charge in [0.2, 0.25) is 0 Å². The number of pyridine rings is 1. The Labute approximate surface area is 122 Å². The first-order chi connectivity index (χ1) is 10.0. The highest BCUT2D eigenvalue weighted by Crippen LogP contribution is 2.23. The van der Waals surface area contributed by atoms with E-state index in [0.29, 0.717) is 19.7 Å². The maximum Gasteiger partial charge on any atom is 0.300 e. The van der Waals surface area contributed by atoms with Crippen molar-refractivity contribution >= 4 is 17.4 Å². The van der Waals surface area contributed by atoms with Gasteiger partial charge in [0.25, 0.3) is 11.6 Å². The second-order valence-electron chi connectivity index (χ2n) is 4.83. The van der Waals surface area contributed by atoms with Crippen LogP contribution in [-0.2, 0) is 4.74 Å². The zero-order valence-electron chi connectivity index (χ0n) is 11.8. The molecule has 1 aromatic heterocycles. The van der Waals surface area contributed by atoms with Gasteiger partial charge in [0.15, 0.2) is 0 Å². The smallest absolute Gasteiger partial charge is 0.300 e. The molecule has 0 radical (unpaired) electrons. The van der Waals surface area contributed by atoms with Gasteiger partial charge in [0, 0.05) is 19.7 Å². The third-order valence-electron chi connectivity index (χ3n) is 3.46. The minimum absolute atomic E-state index is 0.0117. The van der Waals surface area contributed by atoms with Crippen LogP contribution in [0.2, 0.25) is 0 Å². The van der Waals surface area contributed by atoms with E-state index in [9.17, 15) is 14.9 Å². The van der Waals surface area contributed by atoms with Gasteiger partial charge in [-0.3, -0.25) is 14.9 Å². The van der Waals surface area contributed by atoms with Crippen molar-refractivity contribution in [2.24, 2.45) is 0 Å². The molecule has 2 N–H and O–H groups in total. The lowest BCUT2D eigenvalue weighted by Crippen LogP contribution is -2.41. The number of rotatable bonds is 4. The topological polar surface area (TPSA) is 112 Å². The zero-order chi connectivity index (χ0) is 15.4. The Hall–Kier alpha value is -2.22. The second-order valence-corrected chi connectivity index (χ2v) is 4.83. The van der Waals surface area contributed by atoms with Crippen molar-refractivity contribution in [2.45, 2.75) is 25.9 Å². The van der Waals surface area contributed by atoms with Crippen molar-refractivity contribution in [1.29, 1.82) is 0 Å². The Kier molecular flexibility index (Phi) is 4.69. The van der Waals surface area contributed by atoms with Gasteiger partial charge in [0.1, 0.15) is 17.6 Å². The van der Waals surface area contributed by atoms with Crippen molar-refractivity contribution in [3.8, 4) is 0 Å². The number of anilines is 1. The highest BCUT2D eigenvalue weighted by molar-refractivity contribution is 5.98. The number of nitrogens with two attached hydrogens (primary N) is 1. The lowest BCUT2D eigenvalue weighted by Gasteiger charge is -2.31. The summed E-state index contributed by atoms with van der Waals surface area (Å²) < 4.78 is 5.52. The van der Waals surface area contributed by atoms with E-state index in [4.69, 9.17) is 10.5 Å². The Balaban J connectivity index is 2.14. The Morgan fingerprint density at radius 2 is 2.24 bits per heavy atom. The number of carbonyl (C=O) groups is 1. The van der Waals surface area contributed by atoms with Gasteiger partial charge in [0.05, 0.1) is 11.0 Å². The van der Waals surface area contributed by atoms with E-state index in [1.165, 1.54) is 6.07 Å². The largest absolute Gasteiger partial charge is 0.384 e. The first-order valence-corrected chi connectivity index (χ1v) is 6.83. The number of amides is 1. The molecule has 0 aromatic carbocycles. The molecule has 0 bridgehead atoms. The van der Waals surface area contributed by atoms with Crippen LogP contribution in [0.15, 0.2) is 12.3 Å². The van der Waals surface area contributed by atoms with Gasteiger partial charge >= 0.3 is 0 Å². The fraction of sp³-hybridized carbons (Fsp3) is 0.538. The Bertz CT molecular complexity index is 541. The van der Waals surface area contributed by atoms with Crippen molar-refractivity contribution < 1.29 is 14.5 Å². The quantitative estimate of drug-likeness (QED) is 0.660. The summed E-state index contributed by atoms with van der Waals surface area (Å²) in [7, 11) is 0. The molecule has 2 rings (SSSR count). The van der Waals surface area contributed by atoms with Gasteiger partial charge in [-0.15, -0.1) is 0 Å². The predicted molar refractivity (Wildman–Crippen MR) is 75.9 cm³/mol. The molecule has 1 saturated heterocycles. The first-order valence-electron chi connectivity index (χ1n) is 6.83. The van der Waals surface area contributed by atoms with Gasteiger partial charge in [-0.1, -0.05) is 0 Å². The molecule has 2 heterocycles. The minimum Gasteiger partial charge on any atom is -0.384 e. The van der Waals surface area contributed by atoms with Crippen molar-refractivity contribution in [1.82, 2.24) is 9.88 Å². The van der Waals surface area contributed by atoms with Crippen molar-refractivity contribution in [2.75, 3.05) is 25.4 Å². The third kappa shape index (κ3) is 3.46. The van der Waals surface area contributed by atoms with Gasteiger partial charge < -0.3 is 15.4 Å². The summed E-state index contributed by atoms with van der Waals surface area (Å²) in [5.41, 5.74) is 5.20. The highest BCUT2D eigenvalue weighted by Gasteiger charge is 2.28. The molecule has 1 aromatic rings. The molecule has 1 amide bonds. The fourth-order valence-corrected chi connectivity index (χ4v) is 2.41. The van der Waals surface area contributed by atoms with E-state index in [0.717, 1.165) is 19.0 Å². The summed E-state index contributed by atoms with van der Waals surface area (Å²) in [6.45, 7) is 3.61. The van der Waals surface area contributed by atoms with Crippen LogP contribution in [0.25, 0.3) is 0 Å². The number of piperidine rings is 1. The average Bonchev–Trinajstić information content (AvgIpc) is 2.47. The number of likely N-dealkylation sites (tertiary alicyclic amines) is 1. The van der Waals surface area contributed by atoms with E-state index in [1.54, 1.807) is 4.90 Å². The molecule has 1 aliphatic rings. The summed E-state index contributed by atoms with van der Waals surface area (Å²) >= 11 is 0. The number of hydrogen-bond donors (Lipinski definition) is 1. The molecule has 0 unspecified atom stereocenters. The average molecular weight is 294 g/mol. The van der Waals surface area contributed by atoms with Gasteiger partial charge in [-0.2, -0.15) is 0 Å². The molecule has 0 saturated carbocycles. The maximum absolute atomic E-state index is 12.4. The Morgan fingerprint density at radius 3 is 2.81 bits per heavy atom. The zero-order valence-corrected chi connectivity index (χ0v) is 11.8. The summed E-state index contributed by atoms with van der Waals surface area (Å²) in [6.07, 6.45) is 2.63. The molecule has 8 heteroatoms. The molecular formula is C13H18N4O4. The van der Waals surface area contributed by atoms with E-state index in [1.807, 2.05) is 6.92 Å². The first kappa shape index (κ1) is 15.2. The van der Waals surface area contributed by atoms with Crippen LogP contribution in [-0.4, -0.2) is 46.5 Å². The van der Waals surface area contributed by atoms with Crippen LogP contribution in [0.4, 0.5) is 11.5 Å². The van der Waals surface area contributed by atoms with Crippen LogP contribution in [0.3, 0.4) is 0 Å². The molecule has 0 aliphatic carbocycles. The third-order valence-corrected chi connectivity index (χ3v) is 3.46. The second kappa shape index (κ2) is 6.49. The monoisotopic (exact) mass is 294 g/mol. The van der Waals surface area contributed by atoms with E-state index in [2.05, 4.69) is 4.98 Å². The molecule has 1 aliphatic heterocycles. The van der Waals surface area contributed by atoms with Crippen LogP contribution in [0.5, 0.6) is 0 Å². The molecule has 1 fully saturated rings. The van der Waals surface area contributed by atoms with Crippen LogP contribution >= 0.6 is 0 Å². The lowest BCUT2D eigenvalue weighted by atomic mass is 10.1. The number of carbonyl (C=O) groups excluding carboxylic acids is 1. The maximum atomic E-state index is 12.4. The Morgan fingerprint density at radius 1 is 1.57 bits per heavy atom. The number of hydrogen-bond acceptors (Lipinski definition) is 6. The van der Waals surface area contributed by atoms with Crippen LogP contribution in [0, 0.1) is 10.1 Å². The normalized spacial score (nSPS) is 16.0. The number of nitro groups is 1. The number of nitrogens with zero attached hydrogens (tertiary/aromatic N) is 3. The van der Waals surface area contributed by atoms with Crippen molar-refractivity contribution in [3.63, 3.8) is 0 Å². The molecule has 114 valence electrons. The summed E-state index contributed by atoms with van der Waals surface area (Å²) in [5.74, 6) is -0.293. The number of aromatic nitrogens is 1. The van der Waals surface area contributed by atoms with E-state index < -0.39 is 4.92 Å². The molecule has 0 spiro atoms. The van der Waals surface area contributed by atoms with Gasteiger partial charge in [-0.25, -0.2) is 4.98 Å². The summed E-state index contributed by atoms with van der Waals surface area (Å²) in [5, 5.41) is 11.0. The van der Waals surface area contributed by atoms with Gasteiger partial charge in [-0.05, 0) is 25.8 Å². The standard InChI is InChI=1S/C13H18N4O4/c1-2-21-9-3-5-16(6-4-9)13(18)10-7-12(14)15-8-11(10)17(19)20/h7-9H,2-6H2,1H3,(H2,14,15). The van der Waals surface area contributed by atoms with E-state index in [-0.39, 0.29) is 29.1 Å². The minimum atomic E-state index is -0.618. The number of ether oxygens (including phenoxy) is 1. The summed E-state index contributed by atoms with van der Waals surface area (Å²) in [6, 6.07) is 1.26. The molecule has 21 heavy (non-hydrogen) atoms.